The number of rotatable bonds is 2. The summed E-state index contributed by atoms with van der Waals surface area (Å²) in [4.78, 5) is 25.3. The van der Waals surface area contributed by atoms with Crippen LogP contribution in [0.3, 0.4) is 0 Å². The minimum atomic E-state index is -0.857. The van der Waals surface area contributed by atoms with E-state index >= 15 is 0 Å². The second kappa shape index (κ2) is 6.45. The standard InChI is InChI=1S/C13H21NO3S/c15-12(10-5-3-1-2-4-6-10)14-7-8-18-9-11(14)13(16)17/h10-11H,1-9H2,(H,16,17). The lowest BCUT2D eigenvalue weighted by Gasteiger charge is -2.35. The van der Waals surface area contributed by atoms with Gasteiger partial charge in [0.05, 0.1) is 0 Å². The molecule has 1 unspecified atom stereocenters. The van der Waals surface area contributed by atoms with E-state index in [0.717, 1.165) is 31.4 Å². The smallest absolute Gasteiger partial charge is 0.327 e. The number of carboxylic acid groups (broad SMARTS) is 1. The van der Waals surface area contributed by atoms with E-state index in [1.807, 2.05) is 0 Å². The summed E-state index contributed by atoms with van der Waals surface area (Å²) in [5.74, 6) is 0.696. The maximum atomic E-state index is 12.5. The van der Waals surface area contributed by atoms with Crippen molar-refractivity contribution in [2.24, 2.45) is 5.92 Å². The van der Waals surface area contributed by atoms with Gasteiger partial charge in [0.25, 0.3) is 0 Å². The van der Waals surface area contributed by atoms with Crippen LogP contribution in [0, 0.1) is 5.92 Å². The van der Waals surface area contributed by atoms with E-state index in [4.69, 9.17) is 0 Å². The minimum absolute atomic E-state index is 0.0671. The molecule has 0 aromatic heterocycles. The summed E-state index contributed by atoms with van der Waals surface area (Å²) >= 11 is 1.63. The molecule has 1 heterocycles. The Morgan fingerprint density at radius 2 is 1.78 bits per heavy atom. The first kappa shape index (κ1) is 13.7. The fourth-order valence-corrected chi connectivity index (χ4v) is 3.87. The maximum absolute atomic E-state index is 12.5. The second-order valence-electron chi connectivity index (χ2n) is 5.15. The molecule has 1 N–H and O–H groups in total. The Balaban J connectivity index is 2.02. The van der Waals surface area contributed by atoms with Gasteiger partial charge in [-0.3, -0.25) is 4.79 Å². The van der Waals surface area contributed by atoms with Crippen LogP contribution in [-0.2, 0) is 9.59 Å². The number of carbonyl (C=O) groups excluding carboxylic acids is 1. The lowest BCUT2D eigenvalue weighted by Crippen LogP contribution is -2.52. The number of carbonyl (C=O) groups is 2. The van der Waals surface area contributed by atoms with E-state index in [1.54, 1.807) is 16.7 Å². The molecule has 1 aliphatic heterocycles. The summed E-state index contributed by atoms with van der Waals surface area (Å²) in [7, 11) is 0. The van der Waals surface area contributed by atoms with E-state index in [1.165, 1.54) is 12.8 Å². The second-order valence-corrected chi connectivity index (χ2v) is 6.30. The van der Waals surface area contributed by atoms with Gasteiger partial charge in [0.1, 0.15) is 6.04 Å². The van der Waals surface area contributed by atoms with Crippen LogP contribution in [0.1, 0.15) is 38.5 Å². The average Bonchev–Trinajstić information content (AvgIpc) is 2.66. The molecule has 0 aromatic rings. The van der Waals surface area contributed by atoms with Gasteiger partial charge in [-0.1, -0.05) is 25.7 Å². The number of hydrogen-bond acceptors (Lipinski definition) is 3. The maximum Gasteiger partial charge on any atom is 0.327 e. The Kier molecular flexibility index (Phi) is 4.92. The van der Waals surface area contributed by atoms with Crippen LogP contribution in [0.5, 0.6) is 0 Å². The van der Waals surface area contributed by atoms with Gasteiger partial charge in [-0.2, -0.15) is 11.8 Å². The van der Waals surface area contributed by atoms with Crippen molar-refractivity contribution in [3.8, 4) is 0 Å². The zero-order valence-corrected chi connectivity index (χ0v) is 11.5. The molecule has 102 valence electrons. The SMILES string of the molecule is O=C(O)C1CSCCN1C(=O)C1CCCCCC1. The van der Waals surface area contributed by atoms with Crippen molar-refractivity contribution in [2.75, 3.05) is 18.1 Å². The minimum Gasteiger partial charge on any atom is -0.480 e. The van der Waals surface area contributed by atoms with Gasteiger partial charge in [-0.05, 0) is 12.8 Å². The molecular weight excluding hydrogens is 250 g/mol. The lowest BCUT2D eigenvalue weighted by atomic mass is 9.98. The molecule has 0 bridgehead atoms. The number of hydrogen-bond donors (Lipinski definition) is 1. The first-order valence-electron chi connectivity index (χ1n) is 6.81. The zero-order valence-electron chi connectivity index (χ0n) is 10.6. The number of aliphatic carboxylic acids is 1. The van der Waals surface area contributed by atoms with Crippen LogP contribution in [0.15, 0.2) is 0 Å². The zero-order chi connectivity index (χ0) is 13.0. The topological polar surface area (TPSA) is 57.6 Å². The summed E-state index contributed by atoms with van der Waals surface area (Å²) in [6.45, 7) is 0.594. The molecule has 0 spiro atoms. The van der Waals surface area contributed by atoms with Crippen molar-refractivity contribution in [1.82, 2.24) is 4.90 Å². The van der Waals surface area contributed by atoms with Crippen LogP contribution in [0.25, 0.3) is 0 Å². The average molecular weight is 271 g/mol. The number of thioether (sulfide) groups is 1. The van der Waals surface area contributed by atoms with E-state index in [0.29, 0.717) is 12.3 Å². The number of nitrogens with zero attached hydrogens (tertiary/aromatic N) is 1. The van der Waals surface area contributed by atoms with Crippen molar-refractivity contribution in [1.29, 1.82) is 0 Å². The normalized spacial score (nSPS) is 26.7. The van der Waals surface area contributed by atoms with Crippen molar-refractivity contribution >= 4 is 23.6 Å². The van der Waals surface area contributed by atoms with Crippen LogP contribution in [-0.4, -0.2) is 46.0 Å². The van der Waals surface area contributed by atoms with Crippen LogP contribution in [0.4, 0.5) is 0 Å². The van der Waals surface area contributed by atoms with E-state index in [-0.39, 0.29) is 11.8 Å². The molecule has 4 nitrogen and oxygen atoms in total. The first-order chi connectivity index (χ1) is 8.70. The third-order valence-electron chi connectivity index (χ3n) is 3.90. The van der Waals surface area contributed by atoms with Crippen LogP contribution >= 0.6 is 11.8 Å². The molecular formula is C13H21NO3S. The molecule has 1 saturated heterocycles. The lowest BCUT2D eigenvalue weighted by molar-refractivity contribution is -0.151. The van der Waals surface area contributed by atoms with Gasteiger partial charge in [0, 0.05) is 24.0 Å². The summed E-state index contributed by atoms with van der Waals surface area (Å²) in [6, 6.07) is -0.612. The number of amides is 1. The monoisotopic (exact) mass is 271 g/mol. The highest BCUT2D eigenvalue weighted by Gasteiger charge is 2.35. The van der Waals surface area contributed by atoms with Crippen molar-refractivity contribution in [3.63, 3.8) is 0 Å². The Morgan fingerprint density at radius 1 is 1.11 bits per heavy atom. The molecule has 1 aliphatic carbocycles. The van der Waals surface area contributed by atoms with Crippen LogP contribution in [0.2, 0.25) is 0 Å². The quantitative estimate of drug-likeness (QED) is 0.780. The van der Waals surface area contributed by atoms with Gasteiger partial charge in [0.15, 0.2) is 0 Å². The third kappa shape index (κ3) is 3.19. The molecule has 1 atom stereocenters. The van der Waals surface area contributed by atoms with E-state index in [9.17, 15) is 14.7 Å². The predicted octanol–water partition coefficient (Wildman–Crippen LogP) is 1.99. The largest absolute Gasteiger partial charge is 0.480 e. The van der Waals surface area contributed by atoms with Gasteiger partial charge in [-0.25, -0.2) is 4.79 Å². The Hall–Kier alpha value is -0.710. The summed E-state index contributed by atoms with van der Waals surface area (Å²) in [5.41, 5.74) is 0. The summed E-state index contributed by atoms with van der Waals surface area (Å²) in [5, 5.41) is 9.20. The van der Waals surface area contributed by atoms with E-state index in [2.05, 4.69) is 0 Å². The molecule has 0 radical (unpaired) electrons. The highest BCUT2D eigenvalue weighted by atomic mass is 32.2. The van der Waals surface area contributed by atoms with Gasteiger partial charge >= 0.3 is 5.97 Å². The summed E-state index contributed by atoms with van der Waals surface area (Å²) in [6.07, 6.45) is 6.51. The number of carboxylic acids is 1. The van der Waals surface area contributed by atoms with Gasteiger partial charge < -0.3 is 10.0 Å². The molecule has 1 saturated carbocycles. The van der Waals surface area contributed by atoms with Gasteiger partial charge in [-0.15, -0.1) is 0 Å². The van der Waals surface area contributed by atoms with Crippen molar-refractivity contribution < 1.29 is 14.7 Å². The molecule has 1 amide bonds. The van der Waals surface area contributed by atoms with E-state index < -0.39 is 12.0 Å². The first-order valence-corrected chi connectivity index (χ1v) is 7.96. The Labute approximate surface area is 112 Å². The third-order valence-corrected chi connectivity index (χ3v) is 4.92. The molecule has 5 heteroatoms. The Morgan fingerprint density at radius 3 is 2.39 bits per heavy atom. The highest BCUT2D eigenvalue weighted by molar-refractivity contribution is 7.99. The van der Waals surface area contributed by atoms with Crippen LogP contribution < -0.4 is 0 Å². The molecule has 2 aliphatic rings. The van der Waals surface area contributed by atoms with Crippen molar-refractivity contribution in [3.05, 3.63) is 0 Å². The van der Waals surface area contributed by atoms with Gasteiger partial charge in [0.2, 0.25) is 5.91 Å². The highest BCUT2D eigenvalue weighted by Crippen LogP contribution is 2.27. The summed E-state index contributed by atoms with van der Waals surface area (Å²) < 4.78 is 0. The predicted molar refractivity (Wildman–Crippen MR) is 71.7 cm³/mol. The molecule has 2 rings (SSSR count). The molecule has 18 heavy (non-hydrogen) atoms. The Bertz CT molecular complexity index is 313. The molecule has 2 fully saturated rings. The fourth-order valence-electron chi connectivity index (χ4n) is 2.83. The molecule has 0 aromatic carbocycles. The van der Waals surface area contributed by atoms with Crippen molar-refractivity contribution in [2.45, 2.75) is 44.6 Å². The fraction of sp³-hybridized carbons (Fsp3) is 0.846.